The molecule has 0 saturated carbocycles. The van der Waals surface area contributed by atoms with Crippen LogP contribution in [0.25, 0.3) is 0 Å². The lowest BCUT2D eigenvalue weighted by Gasteiger charge is -2.19. The molecular weight excluding hydrogens is 320 g/mol. The van der Waals surface area contributed by atoms with Gasteiger partial charge in [-0.05, 0) is 23.3 Å². The van der Waals surface area contributed by atoms with Crippen LogP contribution in [0, 0.1) is 0 Å². The summed E-state index contributed by atoms with van der Waals surface area (Å²) in [6.07, 6.45) is -0.0889. The molecule has 0 bridgehead atoms. The second-order valence-electron chi connectivity index (χ2n) is 5.88. The molecule has 0 aromatic heterocycles. The third-order valence-corrected chi connectivity index (χ3v) is 4.17. The van der Waals surface area contributed by atoms with Gasteiger partial charge in [-0.3, -0.25) is 0 Å². The number of anilines is 1. The molecule has 3 rings (SSSR count). The molecule has 0 unspecified atom stereocenters. The summed E-state index contributed by atoms with van der Waals surface area (Å²) in [5.74, 6) is 0.571. The van der Waals surface area contributed by atoms with E-state index < -0.39 is 12.1 Å². The van der Waals surface area contributed by atoms with Crippen molar-refractivity contribution in [3.05, 3.63) is 59.7 Å². The van der Waals surface area contributed by atoms with Crippen LogP contribution < -0.4 is 15.4 Å². The van der Waals surface area contributed by atoms with E-state index in [4.69, 9.17) is 9.47 Å². The average molecular weight is 342 g/mol. The summed E-state index contributed by atoms with van der Waals surface area (Å²) in [6, 6.07) is 14.1. The van der Waals surface area contributed by atoms with Gasteiger partial charge in [-0.2, -0.15) is 0 Å². The predicted molar refractivity (Wildman–Crippen MR) is 94.9 cm³/mol. The van der Waals surface area contributed by atoms with Gasteiger partial charge in [0.05, 0.1) is 24.4 Å². The Morgan fingerprint density at radius 1 is 1.16 bits per heavy atom. The highest BCUT2D eigenvalue weighted by Crippen LogP contribution is 2.31. The number of rotatable bonds is 6. The first kappa shape index (κ1) is 17.3. The Morgan fingerprint density at radius 3 is 2.76 bits per heavy atom. The van der Waals surface area contributed by atoms with E-state index in [2.05, 4.69) is 10.6 Å². The first-order valence-electron chi connectivity index (χ1n) is 8.23. The van der Waals surface area contributed by atoms with Gasteiger partial charge in [0.1, 0.15) is 12.4 Å². The Kier molecular flexibility index (Phi) is 5.53. The molecule has 2 amide bonds. The van der Waals surface area contributed by atoms with Crippen molar-refractivity contribution in [3.63, 3.8) is 0 Å². The topological polar surface area (TPSA) is 79.8 Å². The zero-order chi connectivity index (χ0) is 17.6. The van der Waals surface area contributed by atoms with Crippen LogP contribution in [0.1, 0.15) is 17.2 Å². The molecule has 25 heavy (non-hydrogen) atoms. The summed E-state index contributed by atoms with van der Waals surface area (Å²) in [4.78, 5) is 12.4. The lowest BCUT2D eigenvalue weighted by Crippen LogP contribution is -2.36. The molecule has 2 aromatic rings. The fourth-order valence-corrected chi connectivity index (χ4v) is 2.98. The lowest BCUT2D eigenvalue weighted by molar-refractivity contribution is 0.144. The number of carbonyl (C=O) groups excluding carboxylic acids is 1. The highest BCUT2D eigenvalue weighted by atomic mass is 16.5. The number of amides is 2. The predicted octanol–water partition coefficient (Wildman–Crippen LogP) is 2.49. The number of methoxy groups -OCH3 is 1. The smallest absolute Gasteiger partial charge is 0.319 e. The van der Waals surface area contributed by atoms with E-state index in [9.17, 15) is 9.90 Å². The molecule has 2 atom stereocenters. The SMILES string of the molecule is COCCOc1ccccc1NC(=O)N[C@H]1c2ccccc2C[C@H]1O. The van der Waals surface area contributed by atoms with Crippen LogP contribution in [0.4, 0.5) is 10.5 Å². The van der Waals surface area contributed by atoms with E-state index in [0.29, 0.717) is 31.1 Å². The Hall–Kier alpha value is -2.57. The van der Waals surface area contributed by atoms with Crippen molar-refractivity contribution in [2.24, 2.45) is 0 Å². The molecular formula is C19H22N2O4. The van der Waals surface area contributed by atoms with Crippen LogP contribution in [0.15, 0.2) is 48.5 Å². The van der Waals surface area contributed by atoms with Crippen molar-refractivity contribution in [2.45, 2.75) is 18.6 Å². The number of ether oxygens (including phenoxy) is 2. The summed E-state index contributed by atoms with van der Waals surface area (Å²) < 4.78 is 10.6. The van der Waals surface area contributed by atoms with Gasteiger partial charge in [0.2, 0.25) is 0 Å². The van der Waals surface area contributed by atoms with Crippen molar-refractivity contribution < 1.29 is 19.4 Å². The van der Waals surface area contributed by atoms with Crippen LogP contribution in [0.3, 0.4) is 0 Å². The molecule has 0 fully saturated rings. The van der Waals surface area contributed by atoms with Gasteiger partial charge < -0.3 is 25.2 Å². The quantitative estimate of drug-likeness (QED) is 0.705. The Morgan fingerprint density at radius 2 is 1.92 bits per heavy atom. The number of urea groups is 1. The number of para-hydroxylation sites is 2. The maximum Gasteiger partial charge on any atom is 0.319 e. The fourth-order valence-electron chi connectivity index (χ4n) is 2.98. The van der Waals surface area contributed by atoms with Gasteiger partial charge in [0.15, 0.2) is 0 Å². The Labute approximate surface area is 146 Å². The number of aliphatic hydroxyl groups is 1. The van der Waals surface area contributed by atoms with E-state index in [1.807, 2.05) is 36.4 Å². The summed E-state index contributed by atoms with van der Waals surface area (Å²) >= 11 is 0. The zero-order valence-electron chi connectivity index (χ0n) is 14.1. The Bertz CT molecular complexity index is 735. The van der Waals surface area contributed by atoms with Crippen LogP contribution in [0.5, 0.6) is 5.75 Å². The molecule has 1 aliphatic rings. The van der Waals surface area contributed by atoms with Crippen LogP contribution in [-0.4, -0.2) is 37.6 Å². The molecule has 0 saturated heterocycles. The molecule has 2 aromatic carbocycles. The van der Waals surface area contributed by atoms with Crippen molar-refractivity contribution >= 4 is 11.7 Å². The van der Waals surface area contributed by atoms with Crippen LogP contribution in [-0.2, 0) is 11.2 Å². The van der Waals surface area contributed by atoms with Crippen molar-refractivity contribution in [3.8, 4) is 5.75 Å². The standard InChI is InChI=1S/C19H22N2O4/c1-24-10-11-25-17-9-5-4-8-15(17)20-19(23)21-18-14-7-3-2-6-13(14)12-16(18)22/h2-9,16,18,22H,10-12H2,1H3,(H2,20,21,23)/t16-,18+/m1/s1. The molecule has 132 valence electrons. The third kappa shape index (κ3) is 4.10. The van der Waals surface area contributed by atoms with Crippen LogP contribution >= 0.6 is 0 Å². The highest BCUT2D eigenvalue weighted by molar-refractivity contribution is 5.91. The zero-order valence-corrected chi connectivity index (χ0v) is 14.1. The van der Waals surface area contributed by atoms with Gasteiger partial charge in [-0.15, -0.1) is 0 Å². The maximum absolute atomic E-state index is 12.4. The number of fused-ring (bicyclic) bond motifs is 1. The molecule has 6 nitrogen and oxygen atoms in total. The van der Waals surface area contributed by atoms with Gasteiger partial charge >= 0.3 is 6.03 Å². The van der Waals surface area contributed by atoms with Gasteiger partial charge in [-0.25, -0.2) is 4.79 Å². The number of aliphatic hydroxyl groups excluding tert-OH is 1. The second kappa shape index (κ2) is 8.00. The summed E-state index contributed by atoms with van der Waals surface area (Å²) in [5, 5.41) is 15.9. The fraction of sp³-hybridized carbons (Fsp3) is 0.316. The minimum atomic E-state index is -0.628. The number of benzene rings is 2. The maximum atomic E-state index is 12.4. The molecule has 1 aliphatic carbocycles. The van der Waals surface area contributed by atoms with E-state index in [0.717, 1.165) is 11.1 Å². The minimum absolute atomic E-state index is 0.386. The number of carbonyl (C=O) groups is 1. The van der Waals surface area contributed by atoms with Crippen molar-refractivity contribution in [2.75, 3.05) is 25.6 Å². The number of nitrogens with one attached hydrogen (secondary N) is 2. The van der Waals surface area contributed by atoms with Crippen molar-refractivity contribution in [1.29, 1.82) is 0 Å². The van der Waals surface area contributed by atoms with E-state index in [-0.39, 0.29) is 6.03 Å². The van der Waals surface area contributed by atoms with E-state index in [1.54, 1.807) is 19.2 Å². The second-order valence-corrected chi connectivity index (χ2v) is 5.88. The Balaban J connectivity index is 1.65. The molecule has 6 heteroatoms. The minimum Gasteiger partial charge on any atom is -0.489 e. The normalized spacial score (nSPS) is 18.5. The number of hydrogen-bond donors (Lipinski definition) is 3. The third-order valence-electron chi connectivity index (χ3n) is 4.17. The summed E-state index contributed by atoms with van der Waals surface area (Å²) in [5.41, 5.74) is 2.58. The molecule has 0 spiro atoms. The first-order valence-corrected chi connectivity index (χ1v) is 8.23. The average Bonchev–Trinajstić information content (AvgIpc) is 2.92. The van der Waals surface area contributed by atoms with E-state index >= 15 is 0 Å². The van der Waals surface area contributed by atoms with Gasteiger partial charge in [0.25, 0.3) is 0 Å². The summed E-state index contributed by atoms with van der Waals surface area (Å²) in [6.45, 7) is 0.858. The number of hydrogen-bond acceptors (Lipinski definition) is 4. The van der Waals surface area contributed by atoms with Crippen molar-refractivity contribution in [1.82, 2.24) is 5.32 Å². The monoisotopic (exact) mass is 342 g/mol. The molecule has 0 aliphatic heterocycles. The van der Waals surface area contributed by atoms with E-state index in [1.165, 1.54) is 0 Å². The lowest BCUT2D eigenvalue weighted by atomic mass is 10.1. The molecule has 3 N–H and O–H groups in total. The highest BCUT2D eigenvalue weighted by Gasteiger charge is 2.31. The van der Waals surface area contributed by atoms with Crippen LogP contribution in [0.2, 0.25) is 0 Å². The summed E-state index contributed by atoms with van der Waals surface area (Å²) in [7, 11) is 1.60. The molecule has 0 radical (unpaired) electrons. The first-order chi connectivity index (χ1) is 12.2. The molecule has 0 heterocycles. The van der Waals surface area contributed by atoms with Gasteiger partial charge in [0, 0.05) is 13.5 Å². The van der Waals surface area contributed by atoms with Gasteiger partial charge in [-0.1, -0.05) is 36.4 Å². The largest absolute Gasteiger partial charge is 0.489 e.